The Kier molecular flexibility index (Phi) is 8.15. The summed E-state index contributed by atoms with van der Waals surface area (Å²) in [6, 6.07) is 36.5. The van der Waals surface area contributed by atoms with Crippen LogP contribution in [0.4, 0.5) is 0 Å². The maximum Gasteiger partial charge on any atom is 0.217 e. The van der Waals surface area contributed by atoms with Crippen LogP contribution in [0.3, 0.4) is 0 Å². The summed E-state index contributed by atoms with van der Waals surface area (Å²) in [5.41, 5.74) is 3.20. The Hall–Kier alpha value is -4.19. The largest absolute Gasteiger partial charge is 0.497 e. The molecule has 2 atom stereocenters. The molecule has 0 spiro atoms. The van der Waals surface area contributed by atoms with Crippen LogP contribution in [0.25, 0.3) is 22.0 Å². The van der Waals surface area contributed by atoms with Gasteiger partial charge in [0.15, 0.2) is 0 Å². The second-order valence-corrected chi connectivity index (χ2v) is 10.4. The second-order valence-electron chi connectivity index (χ2n) is 10.4. The van der Waals surface area contributed by atoms with Crippen LogP contribution in [-0.2, 0) is 5.60 Å². The third-order valence-corrected chi connectivity index (χ3v) is 7.59. The normalized spacial score (nSPS) is 13.7. The van der Waals surface area contributed by atoms with Crippen LogP contribution < -0.4 is 9.47 Å². The standard InChI is InChI=1S/C35H36N2O3/c1-37(2)24-23-35(38,31-16-10-14-25-11-8-9-15-29(25)31)33(27-12-6-5-7-13-27)30-21-22-32(36-34(30)40-4)26-17-19-28(39-3)20-18-26/h5-22,33,38H,23-24H2,1-4H3/t33-,35-/m1/s1. The molecule has 1 aromatic heterocycles. The average Bonchev–Trinajstić information content (AvgIpc) is 3.00. The highest BCUT2D eigenvalue weighted by Crippen LogP contribution is 2.48. The predicted octanol–water partition coefficient (Wildman–Crippen LogP) is 6.89. The van der Waals surface area contributed by atoms with Gasteiger partial charge in [-0.2, -0.15) is 0 Å². The summed E-state index contributed by atoms with van der Waals surface area (Å²) < 4.78 is 11.3. The molecule has 0 unspecified atom stereocenters. The number of fused-ring (bicyclic) bond motifs is 1. The number of aromatic nitrogens is 1. The molecule has 0 saturated heterocycles. The molecule has 0 amide bonds. The minimum absolute atomic E-state index is 0.438. The third kappa shape index (κ3) is 5.44. The number of hydrogen-bond donors (Lipinski definition) is 1. The van der Waals surface area contributed by atoms with Crippen molar-refractivity contribution >= 4 is 10.8 Å². The van der Waals surface area contributed by atoms with Crippen LogP contribution in [0.2, 0.25) is 0 Å². The van der Waals surface area contributed by atoms with Crippen LogP contribution in [0.5, 0.6) is 11.6 Å². The number of hydrogen-bond acceptors (Lipinski definition) is 5. The van der Waals surface area contributed by atoms with Gasteiger partial charge in [0.25, 0.3) is 0 Å². The van der Waals surface area contributed by atoms with Crippen LogP contribution in [0, 0.1) is 0 Å². The molecule has 0 aliphatic rings. The van der Waals surface area contributed by atoms with Crippen molar-refractivity contribution in [3.63, 3.8) is 0 Å². The Balaban J connectivity index is 1.73. The first-order valence-electron chi connectivity index (χ1n) is 13.5. The quantitative estimate of drug-likeness (QED) is 0.212. The van der Waals surface area contributed by atoms with Crippen molar-refractivity contribution in [1.82, 2.24) is 9.88 Å². The number of methoxy groups -OCH3 is 2. The summed E-state index contributed by atoms with van der Waals surface area (Å²) in [6.07, 6.45) is 0.511. The number of nitrogens with zero attached hydrogens (tertiary/aromatic N) is 2. The van der Waals surface area contributed by atoms with Crippen LogP contribution in [0.1, 0.15) is 29.0 Å². The van der Waals surface area contributed by atoms with E-state index in [2.05, 4.69) is 47.4 Å². The monoisotopic (exact) mass is 532 g/mol. The van der Waals surface area contributed by atoms with Crippen molar-refractivity contribution in [1.29, 1.82) is 0 Å². The Morgan fingerprint density at radius 1 is 0.775 bits per heavy atom. The molecule has 0 aliphatic carbocycles. The minimum atomic E-state index is -1.26. The number of benzene rings is 4. The SMILES string of the molecule is COc1ccc(-c2ccc([C@@H](c3ccccc3)[C@@](O)(CCN(C)C)c3cccc4ccccc34)c(OC)n2)cc1. The predicted molar refractivity (Wildman–Crippen MR) is 162 cm³/mol. The van der Waals surface area contributed by atoms with Crippen molar-refractivity contribution < 1.29 is 14.6 Å². The number of ether oxygens (including phenoxy) is 2. The van der Waals surface area contributed by atoms with Crippen molar-refractivity contribution in [2.24, 2.45) is 0 Å². The molecule has 40 heavy (non-hydrogen) atoms. The van der Waals surface area contributed by atoms with E-state index < -0.39 is 11.5 Å². The van der Waals surface area contributed by atoms with E-state index in [4.69, 9.17) is 14.5 Å². The molecule has 0 aliphatic heterocycles. The summed E-state index contributed by atoms with van der Waals surface area (Å²) in [6.45, 7) is 0.697. The molecule has 204 valence electrons. The summed E-state index contributed by atoms with van der Waals surface area (Å²) >= 11 is 0. The van der Waals surface area contributed by atoms with Gasteiger partial charge in [0, 0.05) is 23.6 Å². The van der Waals surface area contributed by atoms with Crippen molar-refractivity contribution in [2.45, 2.75) is 17.9 Å². The molecule has 5 heteroatoms. The maximum atomic E-state index is 13.0. The Labute approximate surface area is 236 Å². The first-order chi connectivity index (χ1) is 19.4. The fourth-order valence-corrected chi connectivity index (χ4v) is 5.55. The maximum absolute atomic E-state index is 13.0. The van der Waals surface area contributed by atoms with E-state index in [1.165, 1.54) is 0 Å². The fourth-order valence-electron chi connectivity index (χ4n) is 5.55. The number of rotatable bonds is 10. The van der Waals surface area contributed by atoms with Crippen molar-refractivity contribution in [3.8, 4) is 22.9 Å². The van der Waals surface area contributed by atoms with Gasteiger partial charge < -0.3 is 19.5 Å². The van der Waals surface area contributed by atoms with Crippen LogP contribution in [0.15, 0.2) is 109 Å². The molecule has 0 saturated carbocycles. The van der Waals surface area contributed by atoms with Gasteiger partial charge in [-0.3, -0.25) is 0 Å². The van der Waals surface area contributed by atoms with Crippen LogP contribution in [-0.4, -0.2) is 49.9 Å². The second kappa shape index (κ2) is 11.9. The van der Waals surface area contributed by atoms with Gasteiger partial charge in [0.1, 0.15) is 11.4 Å². The molecule has 4 aromatic carbocycles. The zero-order valence-electron chi connectivity index (χ0n) is 23.5. The molecule has 5 rings (SSSR count). The van der Waals surface area contributed by atoms with E-state index in [-0.39, 0.29) is 0 Å². The fraction of sp³-hybridized carbons (Fsp3) is 0.229. The molecule has 0 radical (unpaired) electrons. The van der Waals surface area contributed by atoms with Gasteiger partial charge in [-0.1, -0.05) is 78.9 Å². The third-order valence-electron chi connectivity index (χ3n) is 7.59. The smallest absolute Gasteiger partial charge is 0.217 e. The highest BCUT2D eigenvalue weighted by Gasteiger charge is 2.43. The lowest BCUT2D eigenvalue weighted by Crippen LogP contribution is -2.38. The first kappa shape index (κ1) is 27.4. The van der Waals surface area contributed by atoms with E-state index in [9.17, 15) is 5.11 Å². The zero-order valence-corrected chi connectivity index (χ0v) is 23.5. The van der Waals surface area contributed by atoms with Crippen molar-refractivity contribution in [3.05, 3.63) is 126 Å². The molecule has 1 heterocycles. The lowest BCUT2D eigenvalue weighted by molar-refractivity contribution is 0.00516. The Bertz CT molecular complexity index is 1560. The Morgan fingerprint density at radius 3 is 2.17 bits per heavy atom. The van der Waals surface area contributed by atoms with E-state index in [0.29, 0.717) is 18.8 Å². The van der Waals surface area contributed by atoms with Crippen LogP contribution >= 0.6 is 0 Å². The summed E-state index contributed by atoms with van der Waals surface area (Å²) in [5, 5.41) is 15.2. The molecule has 5 aromatic rings. The van der Waals surface area contributed by atoms with E-state index in [1.807, 2.05) is 80.8 Å². The van der Waals surface area contributed by atoms with Gasteiger partial charge >= 0.3 is 0 Å². The number of aliphatic hydroxyl groups is 1. The molecule has 0 fully saturated rings. The van der Waals surface area contributed by atoms with E-state index in [1.54, 1.807) is 14.2 Å². The molecule has 5 nitrogen and oxygen atoms in total. The summed E-state index contributed by atoms with van der Waals surface area (Å²) in [5.74, 6) is 0.843. The van der Waals surface area contributed by atoms with Gasteiger partial charge in [0.2, 0.25) is 5.88 Å². The van der Waals surface area contributed by atoms with E-state index in [0.717, 1.165) is 44.5 Å². The van der Waals surface area contributed by atoms with Gasteiger partial charge in [0.05, 0.1) is 19.9 Å². The highest BCUT2D eigenvalue weighted by atomic mass is 16.5. The molecular weight excluding hydrogens is 496 g/mol. The van der Waals surface area contributed by atoms with Gasteiger partial charge in [-0.15, -0.1) is 0 Å². The summed E-state index contributed by atoms with van der Waals surface area (Å²) in [7, 11) is 7.37. The minimum Gasteiger partial charge on any atom is -0.497 e. The molecular formula is C35H36N2O3. The number of pyridine rings is 1. The molecule has 1 N–H and O–H groups in total. The highest BCUT2D eigenvalue weighted by molar-refractivity contribution is 5.86. The van der Waals surface area contributed by atoms with Crippen molar-refractivity contribution in [2.75, 3.05) is 34.9 Å². The van der Waals surface area contributed by atoms with E-state index >= 15 is 0 Å². The van der Waals surface area contributed by atoms with Gasteiger partial charge in [-0.25, -0.2) is 4.98 Å². The Morgan fingerprint density at radius 2 is 1.48 bits per heavy atom. The first-order valence-corrected chi connectivity index (χ1v) is 13.5. The topological polar surface area (TPSA) is 54.8 Å². The zero-order chi connectivity index (χ0) is 28.1. The lowest BCUT2D eigenvalue weighted by atomic mass is 9.70. The molecule has 0 bridgehead atoms. The summed E-state index contributed by atoms with van der Waals surface area (Å²) in [4.78, 5) is 7.06. The lowest BCUT2D eigenvalue weighted by Gasteiger charge is -2.39. The van der Waals surface area contributed by atoms with Gasteiger partial charge in [-0.05, 0) is 72.7 Å². The average molecular weight is 533 g/mol.